The van der Waals surface area contributed by atoms with Crippen LogP contribution in [0.2, 0.25) is 0 Å². The lowest BCUT2D eigenvalue weighted by molar-refractivity contribution is 0.347. The van der Waals surface area contributed by atoms with Gasteiger partial charge in [-0.2, -0.15) is 0 Å². The Labute approximate surface area is 105 Å². The molecule has 1 aromatic carbocycles. The normalized spacial score (nSPS) is 23.0. The second-order valence-electron chi connectivity index (χ2n) is 4.55. The lowest BCUT2D eigenvalue weighted by Gasteiger charge is -2.26. The van der Waals surface area contributed by atoms with E-state index in [1.165, 1.54) is 31.2 Å². The summed E-state index contributed by atoms with van der Waals surface area (Å²) in [7, 11) is 0. The van der Waals surface area contributed by atoms with Gasteiger partial charge in [-0.05, 0) is 42.4 Å². The Balaban J connectivity index is 0.000000811. The molecule has 0 aromatic heterocycles. The molecule has 0 unspecified atom stereocenters. The number of aromatic hydroxyl groups is 1. The second kappa shape index (κ2) is 8.13. The van der Waals surface area contributed by atoms with Crippen LogP contribution in [0.25, 0.3) is 0 Å². The monoisotopic (exact) mass is 238 g/mol. The molecular formula is C15H26O2. The molecule has 0 aliphatic heterocycles. The highest BCUT2D eigenvalue weighted by Crippen LogP contribution is 2.35. The predicted octanol–water partition coefficient (Wildman–Crippen LogP) is 3.89. The Bertz CT molecular complexity index is 284. The van der Waals surface area contributed by atoms with Crippen molar-refractivity contribution in [3.63, 3.8) is 0 Å². The molecule has 1 aromatic rings. The van der Waals surface area contributed by atoms with Crippen LogP contribution in [-0.2, 0) is 0 Å². The van der Waals surface area contributed by atoms with E-state index in [1.807, 2.05) is 13.8 Å². The van der Waals surface area contributed by atoms with Gasteiger partial charge in [0, 0.05) is 0 Å². The highest BCUT2D eigenvalue weighted by molar-refractivity contribution is 5.28. The van der Waals surface area contributed by atoms with Gasteiger partial charge < -0.3 is 10.6 Å². The molecule has 1 fully saturated rings. The van der Waals surface area contributed by atoms with Crippen LogP contribution in [0.4, 0.5) is 0 Å². The van der Waals surface area contributed by atoms with Crippen molar-refractivity contribution < 1.29 is 10.6 Å². The van der Waals surface area contributed by atoms with Crippen LogP contribution in [0.1, 0.15) is 57.9 Å². The van der Waals surface area contributed by atoms with E-state index in [-0.39, 0.29) is 5.48 Å². The minimum absolute atomic E-state index is 0. The third-order valence-corrected chi connectivity index (χ3v) is 3.38. The van der Waals surface area contributed by atoms with Crippen molar-refractivity contribution in [3.8, 4) is 5.75 Å². The minimum Gasteiger partial charge on any atom is -0.508 e. The van der Waals surface area contributed by atoms with Crippen LogP contribution in [0.3, 0.4) is 0 Å². The Hall–Kier alpha value is -1.02. The van der Waals surface area contributed by atoms with E-state index in [0.717, 1.165) is 11.8 Å². The number of hydrogen-bond acceptors (Lipinski definition) is 1. The van der Waals surface area contributed by atoms with E-state index in [9.17, 15) is 5.11 Å². The van der Waals surface area contributed by atoms with E-state index < -0.39 is 0 Å². The topological polar surface area (TPSA) is 51.7 Å². The number of rotatable bonds is 1. The Kier molecular flexibility index (Phi) is 7.64. The lowest BCUT2D eigenvalue weighted by atomic mass is 9.79. The minimum atomic E-state index is 0. The van der Waals surface area contributed by atoms with Crippen LogP contribution in [0.15, 0.2) is 24.3 Å². The third-order valence-electron chi connectivity index (χ3n) is 3.38. The lowest BCUT2D eigenvalue weighted by Crippen LogP contribution is -2.10. The first-order chi connectivity index (χ1) is 7.75. The van der Waals surface area contributed by atoms with Gasteiger partial charge in [-0.1, -0.05) is 45.7 Å². The van der Waals surface area contributed by atoms with Crippen molar-refractivity contribution in [2.45, 2.75) is 52.4 Å². The maximum Gasteiger partial charge on any atom is 0.115 e. The summed E-state index contributed by atoms with van der Waals surface area (Å²) in [5.41, 5.74) is 1.40. The summed E-state index contributed by atoms with van der Waals surface area (Å²) in [6.07, 6.45) is 5.33. The summed E-state index contributed by atoms with van der Waals surface area (Å²) >= 11 is 0. The van der Waals surface area contributed by atoms with Crippen LogP contribution in [-0.4, -0.2) is 10.6 Å². The summed E-state index contributed by atoms with van der Waals surface area (Å²) in [4.78, 5) is 0. The molecule has 17 heavy (non-hydrogen) atoms. The third kappa shape index (κ3) is 4.78. The molecule has 0 amide bonds. The predicted molar refractivity (Wildman–Crippen MR) is 73.4 cm³/mol. The van der Waals surface area contributed by atoms with Gasteiger partial charge in [0.2, 0.25) is 0 Å². The molecule has 2 heteroatoms. The van der Waals surface area contributed by atoms with E-state index >= 15 is 0 Å². The van der Waals surface area contributed by atoms with Gasteiger partial charge in [-0.15, -0.1) is 0 Å². The molecule has 0 spiro atoms. The molecule has 1 aliphatic carbocycles. The maximum absolute atomic E-state index is 9.20. The highest BCUT2D eigenvalue weighted by atomic mass is 16.3. The van der Waals surface area contributed by atoms with Crippen molar-refractivity contribution in [2.75, 3.05) is 0 Å². The molecule has 0 atom stereocenters. The van der Waals surface area contributed by atoms with Gasteiger partial charge in [0.05, 0.1) is 0 Å². The molecule has 0 radical (unpaired) electrons. The molecule has 1 saturated carbocycles. The molecule has 0 saturated heterocycles. The largest absolute Gasteiger partial charge is 0.508 e. The number of benzene rings is 1. The van der Waals surface area contributed by atoms with Crippen molar-refractivity contribution in [1.82, 2.24) is 0 Å². The Morgan fingerprint density at radius 1 is 0.941 bits per heavy atom. The first-order valence-corrected chi connectivity index (χ1v) is 6.54. The van der Waals surface area contributed by atoms with Gasteiger partial charge in [0.15, 0.2) is 0 Å². The molecule has 0 bridgehead atoms. The van der Waals surface area contributed by atoms with E-state index in [2.05, 4.69) is 19.1 Å². The van der Waals surface area contributed by atoms with Crippen molar-refractivity contribution in [2.24, 2.45) is 5.92 Å². The fraction of sp³-hybridized carbons (Fsp3) is 0.600. The van der Waals surface area contributed by atoms with E-state index in [0.29, 0.717) is 5.75 Å². The van der Waals surface area contributed by atoms with Crippen LogP contribution >= 0.6 is 0 Å². The fourth-order valence-electron chi connectivity index (χ4n) is 2.34. The standard InChI is InChI=1S/C13H18O.C2H6.H2O/c1-10-2-4-11(5-3-10)12-6-8-13(14)9-7-12;1-2;/h6-11,14H,2-5H2,1H3;1-2H3;1H2. The first kappa shape index (κ1) is 16.0. The van der Waals surface area contributed by atoms with Crippen LogP contribution < -0.4 is 0 Å². The summed E-state index contributed by atoms with van der Waals surface area (Å²) in [6.45, 7) is 6.34. The zero-order chi connectivity index (χ0) is 12.0. The van der Waals surface area contributed by atoms with Crippen LogP contribution in [0.5, 0.6) is 5.75 Å². The quantitative estimate of drug-likeness (QED) is 0.793. The molecular weight excluding hydrogens is 212 g/mol. The maximum atomic E-state index is 9.20. The van der Waals surface area contributed by atoms with Gasteiger partial charge >= 0.3 is 0 Å². The number of phenolic OH excluding ortho intramolecular Hbond substituents is 1. The summed E-state index contributed by atoms with van der Waals surface area (Å²) in [5.74, 6) is 2.01. The molecule has 0 heterocycles. The molecule has 2 rings (SSSR count). The highest BCUT2D eigenvalue weighted by Gasteiger charge is 2.19. The van der Waals surface area contributed by atoms with Crippen LogP contribution in [0, 0.1) is 5.92 Å². The Morgan fingerprint density at radius 2 is 1.41 bits per heavy atom. The summed E-state index contributed by atoms with van der Waals surface area (Å²) in [6, 6.07) is 7.73. The molecule has 2 nitrogen and oxygen atoms in total. The SMILES string of the molecule is CC.CC1CCC(c2ccc(O)cc2)CC1.O. The molecule has 98 valence electrons. The van der Waals surface area contributed by atoms with E-state index in [1.54, 1.807) is 12.1 Å². The fourth-order valence-corrected chi connectivity index (χ4v) is 2.34. The second-order valence-corrected chi connectivity index (χ2v) is 4.55. The van der Waals surface area contributed by atoms with Crippen molar-refractivity contribution in [3.05, 3.63) is 29.8 Å². The van der Waals surface area contributed by atoms with Gasteiger partial charge in [0.1, 0.15) is 5.75 Å². The summed E-state index contributed by atoms with van der Waals surface area (Å²) < 4.78 is 0. The van der Waals surface area contributed by atoms with Gasteiger partial charge in [-0.25, -0.2) is 0 Å². The number of hydrogen-bond donors (Lipinski definition) is 1. The number of phenols is 1. The zero-order valence-electron chi connectivity index (χ0n) is 11.2. The zero-order valence-corrected chi connectivity index (χ0v) is 11.2. The average Bonchev–Trinajstić information content (AvgIpc) is 2.34. The first-order valence-electron chi connectivity index (χ1n) is 6.54. The van der Waals surface area contributed by atoms with E-state index in [4.69, 9.17) is 0 Å². The Morgan fingerprint density at radius 3 is 1.88 bits per heavy atom. The van der Waals surface area contributed by atoms with Crippen molar-refractivity contribution >= 4 is 0 Å². The molecule has 3 N–H and O–H groups in total. The van der Waals surface area contributed by atoms with Gasteiger partial charge in [0.25, 0.3) is 0 Å². The molecule has 1 aliphatic rings. The summed E-state index contributed by atoms with van der Waals surface area (Å²) in [5, 5.41) is 9.20. The van der Waals surface area contributed by atoms with Crippen molar-refractivity contribution in [1.29, 1.82) is 0 Å². The smallest absolute Gasteiger partial charge is 0.115 e. The average molecular weight is 238 g/mol. The van der Waals surface area contributed by atoms with Gasteiger partial charge in [-0.3, -0.25) is 0 Å².